The molecule has 0 aromatic carbocycles. The minimum Gasteiger partial charge on any atom is -0.342 e. The first-order chi connectivity index (χ1) is 8.90. The van der Waals surface area contributed by atoms with Crippen LogP contribution in [0.2, 0.25) is 0 Å². The zero-order chi connectivity index (χ0) is 13.9. The molecule has 1 unspecified atom stereocenters. The second kappa shape index (κ2) is 5.69. The predicted molar refractivity (Wildman–Crippen MR) is 65.6 cm³/mol. The van der Waals surface area contributed by atoms with Gasteiger partial charge in [0.25, 0.3) is 0 Å². The maximum absolute atomic E-state index is 12.2. The van der Waals surface area contributed by atoms with Crippen LogP contribution in [0.15, 0.2) is 0 Å². The van der Waals surface area contributed by atoms with Crippen LogP contribution in [0.5, 0.6) is 0 Å². The summed E-state index contributed by atoms with van der Waals surface area (Å²) in [6.45, 7) is 3.12. The number of likely N-dealkylation sites (tertiary alicyclic amines) is 1. The fraction of sp³-hybridized carbons (Fsp3) is 0.923. The van der Waals surface area contributed by atoms with Crippen LogP contribution in [-0.2, 0) is 4.79 Å². The number of carbonyl (C=O) groups is 1. The lowest BCUT2D eigenvalue weighted by Crippen LogP contribution is -2.52. The van der Waals surface area contributed by atoms with Crippen LogP contribution in [-0.4, -0.2) is 43.2 Å². The van der Waals surface area contributed by atoms with Gasteiger partial charge in [-0.2, -0.15) is 13.2 Å². The molecule has 1 amide bonds. The number of alkyl halides is 3. The number of hydrogen-bond acceptors (Lipinski definition) is 2. The first-order valence-electron chi connectivity index (χ1n) is 6.96. The molecular formula is C13H21F3N2O. The van der Waals surface area contributed by atoms with Gasteiger partial charge in [0, 0.05) is 31.5 Å². The van der Waals surface area contributed by atoms with Crippen molar-refractivity contribution in [3.8, 4) is 0 Å². The molecule has 0 aromatic heterocycles. The summed E-state index contributed by atoms with van der Waals surface area (Å²) >= 11 is 0. The smallest absolute Gasteiger partial charge is 0.342 e. The standard InChI is InChI=1S/C13H21F3N2O/c14-13(15,16)6-3-11(19)18-8-2-5-12(10-18)4-1-7-17-9-12/h17H,1-10H2. The van der Waals surface area contributed by atoms with Gasteiger partial charge < -0.3 is 10.2 Å². The number of halogens is 3. The molecule has 19 heavy (non-hydrogen) atoms. The van der Waals surface area contributed by atoms with Crippen LogP contribution in [0.1, 0.15) is 38.5 Å². The molecule has 0 saturated carbocycles. The Balaban J connectivity index is 1.88. The molecule has 6 heteroatoms. The maximum atomic E-state index is 12.2. The average Bonchev–Trinajstić information content (AvgIpc) is 2.36. The number of piperidine rings is 2. The van der Waals surface area contributed by atoms with Gasteiger partial charge in [0.15, 0.2) is 0 Å². The van der Waals surface area contributed by atoms with Crippen molar-refractivity contribution >= 4 is 5.91 Å². The molecule has 2 heterocycles. The molecule has 0 bridgehead atoms. The zero-order valence-electron chi connectivity index (χ0n) is 11.1. The molecule has 2 aliphatic heterocycles. The molecule has 0 radical (unpaired) electrons. The van der Waals surface area contributed by atoms with E-state index in [-0.39, 0.29) is 11.3 Å². The Morgan fingerprint density at radius 3 is 2.63 bits per heavy atom. The van der Waals surface area contributed by atoms with E-state index in [1.165, 1.54) is 0 Å². The van der Waals surface area contributed by atoms with E-state index in [1.807, 2.05) is 0 Å². The van der Waals surface area contributed by atoms with Crippen LogP contribution in [0.25, 0.3) is 0 Å². The molecule has 110 valence electrons. The molecule has 1 spiro atoms. The predicted octanol–water partition coefficient (Wildman–Crippen LogP) is 2.32. The number of rotatable bonds is 2. The quantitative estimate of drug-likeness (QED) is 0.840. The fourth-order valence-electron chi connectivity index (χ4n) is 3.21. The molecule has 1 atom stereocenters. The highest BCUT2D eigenvalue weighted by Gasteiger charge is 2.38. The molecule has 0 aliphatic carbocycles. The third kappa shape index (κ3) is 4.09. The van der Waals surface area contributed by atoms with Gasteiger partial charge in [0.05, 0.1) is 6.42 Å². The molecule has 2 aliphatic rings. The van der Waals surface area contributed by atoms with Gasteiger partial charge in [0.2, 0.25) is 5.91 Å². The van der Waals surface area contributed by atoms with Crippen molar-refractivity contribution in [3.63, 3.8) is 0 Å². The second-order valence-electron chi connectivity index (χ2n) is 5.81. The minimum absolute atomic E-state index is 0.102. The summed E-state index contributed by atoms with van der Waals surface area (Å²) in [5, 5.41) is 3.34. The van der Waals surface area contributed by atoms with Crippen LogP contribution >= 0.6 is 0 Å². The molecule has 3 nitrogen and oxygen atoms in total. The summed E-state index contributed by atoms with van der Waals surface area (Å²) in [5.41, 5.74) is 0.102. The van der Waals surface area contributed by atoms with Crippen molar-refractivity contribution in [1.82, 2.24) is 10.2 Å². The highest BCUT2D eigenvalue weighted by Crippen LogP contribution is 2.36. The summed E-state index contributed by atoms with van der Waals surface area (Å²) in [7, 11) is 0. The van der Waals surface area contributed by atoms with Crippen LogP contribution in [0, 0.1) is 5.41 Å². The van der Waals surface area contributed by atoms with Crippen molar-refractivity contribution in [3.05, 3.63) is 0 Å². The normalized spacial score (nSPS) is 28.7. The summed E-state index contributed by atoms with van der Waals surface area (Å²) in [5.74, 6) is -0.345. The van der Waals surface area contributed by atoms with Gasteiger partial charge in [-0.15, -0.1) is 0 Å². The van der Waals surface area contributed by atoms with Crippen LogP contribution in [0.4, 0.5) is 13.2 Å². The molecule has 2 fully saturated rings. The third-order valence-electron chi connectivity index (χ3n) is 4.20. The van der Waals surface area contributed by atoms with Gasteiger partial charge >= 0.3 is 6.18 Å². The van der Waals surface area contributed by atoms with Crippen molar-refractivity contribution in [2.75, 3.05) is 26.2 Å². The average molecular weight is 278 g/mol. The molecule has 0 aromatic rings. The lowest BCUT2D eigenvalue weighted by atomic mass is 9.74. The first kappa shape index (κ1) is 14.6. The van der Waals surface area contributed by atoms with Gasteiger partial charge in [-0.3, -0.25) is 4.79 Å². The lowest BCUT2D eigenvalue weighted by Gasteiger charge is -2.45. The number of hydrogen-bond donors (Lipinski definition) is 1. The lowest BCUT2D eigenvalue weighted by molar-refractivity contribution is -0.151. The maximum Gasteiger partial charge on any atom is 0.389 e. The minimum atomic E-state index is -4.24. The molecule has 1 N–H and O–H groups in total. The van der Waals surface area contributed by atoms with Crippen molar-refractivity contribution < 1.29 is 18.0 Å². The largest absolute Gasteiger partial charge is 0.389 e. The first-order valence-corrected chi connectivity index (χ1v) is 6.96. The van der Waals surface area contributed by atoms with Crippen molar-refractivity contribution in [2.45, 2.75) is 44.7 Å². The highest BCUT2D eigenvalue weighted by molar-refractivity contribution is 5.76. The van der Waals surface area contributed by atoms with E-state index in [4.69, 9.17) is 0 Å². The van der Waals surface area contributed by atoms with Gasteiger partial charge in [-0.05, 0) is 32.2 Å². The highest BCUT2D eigenvalue weighted by atomic mass is 19.4. The van der Waals surface area contributed by atoms with E-state index in [0.717, 1.165) is 38.8 Å². The summed E-state index contributed by atoms with van der Waals surface area (Å²) in [6.07, 6.45) is -1.52. The van der Waals surface area contributed by atoms with E-state index in [9.17, 15) is 18.0 Å². The summed E-state index contributed by atoms with van der Waals surface area (Å²) < 4.78 is 36.5. The Morgan fingerprint density at radius 2 is 2.00 bits per heavy atom. The molecular weight excluding hydrogens is 257 g/mol. The number of nitrogens with zero attached hydrogens (tertiary/aromatic N) is 1. The SMILES string of the molecule is O=C(CCC(F)(F)F)N1CCCC2(CCCNC2)C1. The zero-order valence-corrected chi connectivity index (χ0v) is 11.1. The second-order valence-corrected chi connectivity index (χ2v) is 5.81. The Hall–Kier alpha value is -0.780. The van der Waals surface area contributed by atoms with E-state index in [0.29, 0.717) is 13.1 Å². The van der Waals surface area contributed by atoms with E-state index < -0.39 is 19.0 Å². The van der Waals surface area contributed by atoms with E-state index >= 15 is 0 Å². The van der Waals surface area contributed by atoms with Crippen molar-refractivity contribution in [1.29, 1.82) is 0 Å². The third-order valence-corrected chi connectivity index (χ3v) is 4.20. The molecule has 2 saturated heterocycles. The van der Waals surface area contributed by atoms with Gasteiger partial charge in [0.1, 0.15) is 0 Å². The Bertz CT molecular complexity index is 319. The Labute approximate surface area is 111 Å². The molecule has 2 rings (SSSR count). The van der Waals surface area contributed by atoms with E-state index in [1.54, 1.807) is 4.90 Å². The monoisotopic (exact) mass is 278 g/mol. The van der Waals surface area contributed by atoms with Crippen LogP contribution in [0.3, 0.4) is 0 Å². The fourth-order valence-corrected chi connectivity index (χ4v) is 3.21. The topological polar surface area (TPSA) is 32.3 Å². The van der Waals surface area contributed by atoms with Crippen LogP contribution < -0.4 is 5.32 Å². The number of carbonyl (C=O) groups excluding carboxylic acids is 1. The summed E-state index contributed by atoms with van der Waals surface area (Å²) in [4.78, 5) is 13.5. The van der Waals surface area contributed by atoms with Crippen molar-refractivity contribution in [2.24, 2.45) is 5.41 Å². The van der Waals surface area contributed by atoms with Gasteiger partial charge in [-0.1, -0.05) is 0 Å². The number of amides is 1. The number of nitrogens with one attached hydrogen (secondary N) is 1. The van der Waals surface area contributed by atoms with E-state index in [2.05, 4.69) is 5.32 Å². The van der Waals surface area contributed by atoms with Gasteiger partial charge in [-0.25, -0.2) is 0 Å². The Kier molecular flexibility index (Phi) is 4.38. The summed E-state index contributed by atoms with van der Waals surface area (Å²) in [6, 6.07) is 0. The Morgan fingerprint density at radius 1 is 1.26 bits per heavy atom.